The van der Waals surface area contributed by atoms with Gasteiger partial charge in [0.05, 0.1) is 0 Å². The van der Waals surface area contributed by atoms with Crippen LogP contribution >= 0.6 is 0 Å². The number of aromatic nitrogens is 1. The van der Waals surface area contributed by atoms with Gasteiger partial charge in [0.15, 0.2) is 0 Å². The monoisotopic (exact) mass is 167 g/mol. The van der Waals surface area contributed by atoms with Gasteiger partial charge in [-0.1, -0.05) is 18.7 Å². The van der Waals surface area contributed by atoms with Gasteiger partial charge in [-0.2, -0.15) is 0 Å². The molecule has 0 atom stereocenters. The SMILES string of the molecule is C=C1C=Cc2cc3[nH]ccc3cc21. The van der Waals surface area contributed by atoms with Crippen LogP contribution in [0.2, 0.25) is 0 Å². The minimum absolute atomic E-state index is 1.11. The highest BCUT2D eigenvalue weighted by molar-refractivity contribution is 5.95. The van der Waals surface area contributed by atoms with Gasteiger partial charge in [0.1, 0.15) is 0 Å². The lowest BCUT2D eigenvalue weighted by atomic mass is 10.1. The molecule has 1 heterocycles. The molecular formula is C12H9N. The van der Waals surface area contributed by atoms with E-state index < -0.39 is 0 Å². The number of nitrogens with one attached hydrogen (secondary N) is 1. The lowest BCUT2D eigenvalue weighted by Crippen LogP contribution is -1.79. The maximum absolute atomic E-state index is 3.99. The fourth-order valence-corrected chi connectivity index (χ4v) is 1.81. The van der Waals surface area contributed by atoms with E-state index in [0.29, 0.717) is 0 Å². The Morgan fingerprint density at radius 1 is 1.15 bits per heavy atom. The number of benzene rings is 1. The standard InChI is InChI=1S/C12H9N/c1-8-2-3-9-7-12-10(4-5-13-12)6-11(8)9/h2-7,13H,1H2. The highest BCUT2D eigenvalue weighted by Crippen LogP contribution is 2.30. The fourth-order valence-electron chi connectivity index (χ4n) is 1.81. The van der Waals surface area contributed by atoms with Gasteiger partial charge in [0.2, 0.25) is 0 Å². The van der Waals surface area contributed by atoms with Gasteiger partial charge in [-0.15, -0.1) is 0 Å². The molecule has 0 unspecified atom stereocenters. The van der Waals surface area contributed by atoms with Crippen LogP contribution in [0.25, 0.3) is 22.6 Å². The highest BCUT2D eigenvalue weighted by atomic mass is 14.7. The summed E-state index contributed by atoms with van der Waals surface area (Å²) in [7, 11) is 0. The molecule has 0 amide bonds. The summed E-state index contributed by atoms with van der Waals surface area (Å²) in [6, 6.07) is 6.43. The Labute approximate surface area is 76.4 Å². The van der Waals surface area contributed by atoms with E-state index in [9.17, 15) is 0 Å². The molecule has 1 nitrogen and oxygen atoms in total. The van der Waals surface area contributed by atoms with Crippen LogP contribution in [0.5, 0.6) is 0 Å². The average Bonchev–Trinajstić information content (AvgIpc) is 2.70. The number of fused-ring (bicyclic) bond motifs is 2. The van der Waals surface area contributed by atoms with E-state index in [0.717, 1.165) is 5.57 Å². The molecule has 0 fully saturated rings. The molecule has 1 aromatic carbocycles. The van der Waals surface area contributed by atoms with E-state index in [1.54, 1.807) is 0 Å². The molecule has 0 saturated heterocycles. The van der Waals surface area contributed by atoms with Gasteiger partial charge in [0, 0.05) is 17.1 Å². The number of hydrogen-bond donors (Lipinski definition) is 1. The van der Waals surface area contributed by atoms with Crippen LogP contribution in [0.4, 0.5) is 0 Å². The van der Waals surface area contributed by atoms with Crippen molar-refractivity contribution in [3.63, 3.8) is 0 Å². The van der Waals surface area contributed by atoms with E-state index in [-0.39, 0.29) is 0 Å². The van der Waals surface area contributed by atoms with Crippen LogP contribution in [0.1, 0.15) is 11.1 Å². The Kier molecular flexibility index (Phi) is 1.10. The molecule has 1 aliphatic rings. The maximum atomic E-state index is 3.99. The summed E-state index contributed by atoms with van der Waals surface area (Å²) in [5.74, 6) is 0. The zero-order valence-electron chi connectivity index (χ0n) is 7.17. The van der Waals surface area contributed by atoms with E-state index in [1.165, 1.54) is 22.0 Å². The molecule has 0 saturated carbocycles. The Morgan fingerprint density at radius 2 is 2.08 bits per heavy atom. The minimum Gasteiger partial charge on any atom is -0.361 e. The summed E-state index contributed by atoms with van der Waals surface area (Å²) in [5.41, 5.74) is 4.82. The Balaban J connectivity index is 2.44. The Bertz CT molecular complexity index is 529. The molecule has 1 N–H and O–H groups in total. The van der Waals surface area contributed by atoms with Crippen molar-refractivity contribution in [2.24, 2.45) is 0 Å². The second kappa shape index (κ2) is 2.13. The van der Waals surface area contributed by atoms with E-state index in [2.05, 4.69) is 41.9 Å². The summed E-state index contributed by atoms with van der Waals surface area (Å²) in [6.07, 6.45) is 6.13. The van der Waals surface area contributed by atoms with Gasteiger partial charge in [-0.3, -0.25) is 0 Å². The van der Waals surface area contributed by atoms with E-state index >= 15 is 0 Å². The largest absolute Gasteiger partial charge is 0.361 e. The van der Waals surface area contributed by atoms with Crippen LogP contribution in [0.15, 0.2) is 37.1 Å². The molecule has 0 aliphatic heterocycles. The normalized spacial score (nSPS) is 14.0. The smallest absolute Gasteiger partial charge is 0.0460 e. The van der Waals surface area contributed by atoms with Gasteiger partial charge in [-0.25, -0.2) is 0 Å². The topological polar surface area (TPSA) is 15.8 Å². The van der Waals surface area contributed by atoms with Gasteiger partial charge in [0.25, 0.3) is 0 Å². The first-order valence-corrected chi connectivity index (χ1v) is 4.33. The minimum atomic E-state index is 1.11. The van der Waals surface area contributed by atoms with Crippen molar-refractivity contribution in [3.05, 3.63) is 48.2 Å². The van der Waals surface area contributed by atoms with Crippen molar-refractivity contribution < 1.29 is 0 Å². The number of aromatic amines is 1. The maximum Gasteiger partial charge on any atom is 0.0460 e. The summed E-state index contributed by atoms with van der Waals surface area (Å²) in [4.78, 5) is 3.20. The van der Waals surface area contributed by atoms with Crippen molar-refractivity contribution in [3.8, 4) is 0 Å². The first-order chi connectivity index (χ1) is 6.34. The van der Waals surface area contributed by atoms with Gasteiger partial charge >= 0.3 is 0 Å². The molecule has 13 heavy (non-hydrogen) atoms. The van der Waals surface area contributed by atoms with Crippen LogP contribution in [0, 0.1) is 0 Å². The number of H-pyrrole nitrogens is 1. The van der Waals surface area contributed by atoms with E-state index in [1.807, 2.05) is 6.20 Å². The quantitative estimate of drug-likeness (QED) is 0.620. The molecule has 1 heteroatoms. The van der Waals surface area contributed by atoms with Crippen molar-refractivity contribution >= 4 is 22.6 Å². The van der Waals surface area contributed by atoms with Crippen molar-refractivity contribution in [2.45, 2.75) is 0 Å². The van der Waals surface area contributed by atoms with Gasteiger partial charge < -0.3 is 4.98 Å². The third-order valence-corrected chi connectivity index (χ3v) is 2.53. The molecular weight excluding hydrogens is 158 g/mol. The molecule has 0 spiro atoms. The zero-order valence-corrected chi connectivity index (χ0v) is 7.17. The van der Waals surface area contributed by atoms with Crippen molar-refractivity contribution in [2.75, 3.05) is 0 Å². The molecule has 1 aromatic heterocycles. The number of rotatable bonds is 0. The first kappa shape index (κ1) is 6.72. The molecule has 2 aromatic rings. The van der Waals surface area contributed by atoms with Crippen molar-refractivity contribution in [1.29, 1.82) is 0 Å². The zero-order chi connectivity index (χ0) is 8.84. The number of hydrogen-bond acceptors (Lipinski definition) is 0. The predicted octanol–water partition coefficient (Wildman–Crippen LogP) is 3.21. The van der Waals surface area contributed by atoms with Crippen LogP contribution in [-0.4, -0.2) is 4.98 Å². The third kappa shape index (κ3) is 0.813. The lowest BCUT2D eigenvalue weighted by Gasteiger charge is -1.99. The second-order valence-corrected chi connectivity index (χ2v) is 3.36. The van der Waals surface area contributed by atoms with Crippen LogP contribution in [0.3, 0.4) is 0 Å². The summed E-state index contributed by atoms with van der Waals surface area (Å²) in [6.45, 7) is 3.99. The molecule has 62 valence electrons. The predicted molar refractivity (Wildman–Crippen MR) is 56.4 cm³/mol. The average molecular weight is 167 g/mol. The summed E-state index contributed by atoms with van der Waals surface area (Å²) < 4.78 is 0. The second-order valence-electron chi connectivity index (χ2n) is 3.36. The highest BCUT2D eigenvalue weighted by Gasteiger charge is 2.09. The Hall–Kier alpha value is -1.76. The van der Waals surface area contributed by atoms with Crippen LogP contribution < -0.4 is 0 Å². The lowest BCUT2D eigenvalue weighted by molar-refractivity contribution is 1.47. The number of allylic oxidation sites excluding steroid dienone is 2. The van der Waals surface area contributed by atoms with Crippen molar-refractivity contribution in [1.82, 2.24) is 4.98 Å². The Morgan fingerprint density at radius 3 is 3.00 bits per heavy atom. The molecule has 3 rings (SSSR count). The molecule has 0 radical (unpaired) electrons. The summed E-state index contributed by atoms with van der Waals surface area (Å²) in [5, 5.41) is 1.25. The fraction of sp³-hybridized carbons (Fsp3) is 0. The molecule has 1 aliphatic carbocycles. The van der Waals surface area contributed by atoms with Crippen LogP contribution in [-0.2, 0) is 0 Å². The van der Waals surface area contributed by atoms with E-state index in [4.69, 9.17) is 0 Å². The first-order valence-electron chi connectivity index (χ1n) is 4.33. The van der Waals surface area contributed by atoms with Gasteiger partial charge in [-0.05, 0) is 34.9 Å². The third-order valence-electron chi connectivity index (χ3n) is 2.53. The molecule has 0 bridgehead atoms. The summed E-state index contributed by atoms with van der Waals surface area (Å²) >= 11 is 0.